The molecule has 1 aromatic carbocycles. The molecule has 0 aliphatic rings. The van der Waals surface area contributed by atoms with Crippen LogP contribution in [0.4, 0.5) is 0 Å². The van der Waals surface area contributed by atoms with Gasteiger partial charge in [-0.25, -0.2) is 0 Å². The summed E-state index contributed by atoms with van der Waals surface area (Å²) in [5.74, 6) is -0.0151. The van der Waals surface area contributed by atoms with Crippen molar-refractivity contribution in [1.82, 2.24) is 0 Å². The number of esters is 1. The molecule has 1 aromatic rings. The first-order chi connectivity index (χ1) is 6.27. The molecular formula is C10H10O3. The van der Waals surface area contributed by atoms with Crippen LogP contribution in [0.3, 0.4) is 0 Å². The summed E-state index contributed by atoms with van der Waals surface area (Å²) in [5, 5.41) is 0. The molecule has 13 heavy (non-hydrogen) atoms. The van der Waals surface area contributed by atoms with E-state index in [1.165, 1.54) is 0 Å². The molecule has 3 heteroatoms. The fourth-order valence-electron chi connectivity index (χ4n) is 0.866. The zero-order chi connectivity index (χ0) is 9.68. The third kappa shape index (κ3) is 2.40. The van der Waals surface area contributed by atoms with Crippen LogP contribution >= 0.6 is 0 Å². The van der Waals surface area contributed by atoms with Crippen molar-refractivity contribution in [3.05, 3.63) is 29.8 Å². The number of para-hydroxylation sites is 1. The summed E-state index contributed by atoms with van der Waals surface area (Å²) in [6.45, 7) is 1.70. The highest BCUT2D eigenvalue weighted by Gasteiger charge is 2.05. The number of rotatable bonds is 3. The molecule has 0 amide bonds. The van der Waals surface area contributed by atoms with Gasteiger partial charge in [-0.2, -0.15) is 0 Å². The number of benzene rings is 1. The second kappa shape index (κ2) is 4.40. The van der Waals surface area contributed by atoms with Gasteiger partial charge in [-0.1, -0.05) is 19.1 Å². The quantitative estimate of drug-likeness (QED) is 0.403. The third-order valence-corrected chi connectivity index (χ3v) is 1.56. The van der Waals surface area contributed by atoms with Gasteiger partial charge in [0.25, 0.3) is 0 Å². The number of carbonyl (C=O) groups is 2. The molecule has 0 N–H and O–H groups in total. The lowest BCUT2D eigenvalue weighted by atomic mass is 10.2. The first kappa shape index (κ1) is 9.45. The summed E-state index contributed by atoms with van der Waals surface area (Å²) in [5.41, 5.74) is 0.393. The van der Waals surface area contributed by atoms with Crippen molar-refractivity contribution in [2.75, 3.05) is 0 Å². The van der Waals surface area contributed by atoms with E-state index in [0.29, 0.717) is 24.0 Å². The minimum absolute atomic E-state index is 0.299. The Morgan fingerprint density at radius 2 is 2.15 bits per heavy atom. The Hall–Kier alpha value is -1.64. The predicted molar refractivity (Wildman–Crippen MR) is 47.8 cm³/mol. The number of ether oxygens (including phenoxy) is 1. The normalized spacial score (nSPS) is 9.31. The molecule has 0 aromatic heterocycles. The smallest absolute Gasteiger partial charge is 0.310 e. The van der Waals surface area contributed by atoms with Crippen LogP contribution in [-0.2, 0) is 4.79 Å². The first-order valence-corrected chi connectivity index (χ1v) is 4.02. The largest absolute Gasteiger partial charge is 0.426 e. The average molecular weight is 178 g/mol. The Labute approximate surface area is 76.3 Å². The van der Waals surface area contributed by atoms with Gasteiger partial charge in [0, 0.05) is 6.42 Å². The summed E-state index contributed by atoms with van der Waals surface area (Å²) >= 11 is 0. The van der Waals surface area contributed by atoms with Crippen molar-refractivity contribution < 1.29 is 14.3 Å². The topological polar surface area (TPSA) is 43.4 Å². The molecule has 3 nitrogen and oxygen atoms in total. The summed E-state index contributed by atoms with van der Waals surface area (Å²) in [6, 6.07) is 6.63. The van der Waals surface area contributed by atoms with Gasteiger partial charge in [0.2, 0.25) is 0 Å². The molecular weight excluding hydrogens is 168 g/mol. The van der Waals surface area contributed by atoms with Gasteiger partial charge in [-0.3, -0.25) is 9.59 Å². The molecule has 0 bridgehead atoms. The van der Waals surface area contributed by atoms with Crippen molar-refractivity contribution >= 4 is 12.3 Å². The van der Waals surface area contributed by atoms with Gasteiger partial charge >= 0.3 is 5.97 Å². The van der Waals surface area contributed by atoms with Crippen LogP contribution < -0.4 is 4.74 Å². The van der Waals surface area contributed by atoms with Crippen LogP contribution in [0.2, 0.25) is 0 Å². The van der Waals surface area contributed by atoms with E-state index in [2.05, 4.69) is 0 Å². The fraction of sp³-hybridized carbons (Fsp3) is 0.200. The minimum atomic E-state index is -0.339. The van der Waals surface area contributed by atoms with E-state index in [1.807, 2.05) is 0 Å². The monoisotopic (exact) mass is 178 g/mol. The lowest BCUT2D eigenvalue weighted by Crippen LogP contribution is -2.06. The van der Waals surface area contributed by atoms with Crippen LogP contribution in [0.5, 0.6) is 5.75 Å². The Morgan fingerprint density at radius 1 is 1.46 bits per heavy atom. The molecule has 0 aliphatic heterocycles. The van der Waals surface area contributed by atoms with E-state index in [9.17, 15) is 9.59 Å². The van der Waals surface area contributed by atoms with Crippen LogP contribution in [-0.4, -0.2) is 12.3 Å². The van der Waals surface area contributed by atoms with Gasteiger partial charge < -0.3 is 4.74 Å². The highest BCUT2D eigenvalue weighted by Crippen LogP contribution is 2.15. The molecule has 0 fully saturated rings. The summed E-state index contributed by atoms with van der Waals surface area (Å²) in [7, 11) is 0. The highest BCUT2D eigenvalue weighted by molar-refractivity contribution is 5.82. The maximum absolute atomic E-state index is 10.9. The molecule has 0 radical (unpaired) electrons. The van der Waals surface area contributed by atoms with E-state index in [-0.39, 0.29) is 5.97 Å². The van der Waals surface area contributed by atoms with Gasteiger partial charge in [-0.15, -0.1) is 0 Å². The van der Waals surface area contributed by atoms with Crippen molar-refractivity contribution in [1.29, 1.82) is 0 Å². The second-order valence-electron chi connectivity index (χ2n) is 2.48. The molecule has 0 saturated heterocycles. The summed E-state index contributed by atoms with van der Waals surface area (Å²) < 4.78 is 4.92. The maximum atomic E-state index is 10.9. The molecule has 0 saturated carbocycles. The number of aldehydes is 1. The fourth-order valence-corrected chi connectivity index (χ4v) is 0.866. The molecule has 0 heterocycles. The van der Waals surface area contributed by atoms with Crippen LogP contribution in [0, 0.1) is 0 Å². The van der Waals surface area contributed by atoms with Crippen molar-refractivity contribution in [2.45, 2.75) is 13.3 Å². The van der Waals surface area contributed by atoms with Crippen LogP contribution in [0.25, 0.3) is 0 Å². The zero-order valence-corrected chi connectivity index (χ0v) is 7.32. The minimum Gasteiger partial charge on any atom is -0.426 e. The Kier molecular flexibility index (Phi) is 3.20. The Morgan fingerprint density at radius 3 is 2.77 bits per heavy atom. The van der Waals surface area contributed by atoms with Crippen LogP contribution in [0.15, 0.2) is 24.3 Å². The summed E-state index contributed by atoms with van der Waals surface area (Å²) in [4.78, 5) is 21.4. The first-order valence-electron chi connectivity index (χ1n) is 4.02. The van der Waals surface area contributed by atoms with Gasteiger partial charge in [0.15, 0.2) is 6.29 Å². The maximum Gasteiger partial charge on any atom is 0.310 e. The third-order valence-electron chi connectivity index (χ3n) is 1.56. The molecule has 0 spiro atoms. The Bertz CT molecular complexity index is 318. The van der Waals surface area contributed by atoms with E-state index in [1.54, 1.807) is 31.2 Å². The number of hydrogen-bond donors (Lipinski definition) is 0. The van der Waals surface area contributed by atoms with E-state index in [4.69, 9.17) is 4.74 Å². The molecule has 0 unspecified atom stereocenters. The predicted octanol–water partition coefficient (Wildman–Crippen LogP) is 1.81. The van der Waals surface area contributed by atoms with Crippen LogP contribution in [0.1, 0.15) is 23.7 Å². The average Bonchev–Trinajstić information content (AvgIpc) is 2.18. The lowest BCUT2D eigenvalue weighted by molar-refractivity contribution is -0.134. The Balaban J connectivity index is 2.87. The molecule has 68 valence electrons. The van der Waals surface area contributed by atoms with Crippen molar-refractivity contribution in [2.24, 2.45) is 0 Å². The van der Waals surface area contributed by atoms with Gasteiger partial charge in [0.1, 0.15) is 5.75 Å². The van der Waals surface area contributed by atoms with Crippen molar-refractivity contribution in [3.8, 4) is 5.75 Å². The molecule has 0 atom stereocenters. The molecule has 1 rings (SSSR count). The zero-order valence-electron chi connectivity index (χ0n) is 7.32. The highest BCUT2D eigenvalue weighted by atomic mass is 16.5. The number of hydrogen-bond acceptors (Lipinski definition) is 3. The second-order valence-corrected chi connectivity index (χ2v) is 2.48. The number of carbonyl (C=O) groups excluding carboxylic acids is 2. The molecule has 0 aliphatic carbocycles. The summed E-state index contributed by atoms with van der Waals surface area (Å²) in [6.07, 6.45) is 0.964. The van der Waals surface area contributed by atoms with E-state index >= 15 is 0 Å². The van der Waals surface area contributed by atoms with Gasteiger partial charge in [-0.05, 0) is 12.1 Å². The van der Waals surface area contributed by atoms with E-state index in [0.717, 1.165) is 0 Å². The standard InChI is InChI=1S/C10H10O3/c1-2-10(12)13-9-6-4-3-5-8(9)7-11/h3-7H,2H2,1H3. The van der Waals surface area contributed by atoms with E-state index < -0.39 is 0 Å². The SMILES string of the molecule is CCC(=O)Oc1ccccc1C=O. The van der Waals surface area contributed by atoms with Crippen molar-refractivity contribution in [3.63, 3.8) is 0 Å². The van der Waals surface area contributed by atoms with Gasteiger partial charge in [0.05, 0.1) is 5.56 Å². The lowest BCUT2D eigenvalue weighted by Gasteiger charge is -2.03.